The number of pyridine rings is 1. The maximum Gasteiger partial charge on any atom is 0.313 e. The van der Waals surface area contributed by atoms with Gasteiger partial charge in [-0.3, -0.25) is 4.79 Å². The Kier molecular flexibility index (Phi) is 6.60. The van der Waals surface area contributed by atoms with E-state index in [-0.39, 0.29) is 11.9 Å². The first-order valence-electron chi connectivity index (χ1n) is 11.0. The van der Waals surface area contributed by atoms with Crippen molar-refractivity contribution >= 4 is 11.7 Å². The molecular formula is C26H28FN3O3. The summed E-state index contributed by atoms with van der Waals surface area (Å²) in [6.45, 7) is 4.46. The first-order valence-corrected chi connectivity index (χ1v) is 11.0. The van der Waals surface area contributed by atoms with Crippen molar-refractivity contribution in [3.8, 4) is 5.88 Å². The maximum atomic E-state index is 14.7. The molecule has 6 nitrogen and oxygen atoms in total. The van der Waals surface area contributed by atoms with Gasteiger partial charge in [0.05, 0.1) is 23.7 Å². The predicted molar refractivity (Wildman–Crippen MR) is 125 cm³/mol. The van der Waals surface area contributed by atoms with Crippen LogP contribution in [0.4, 0.5) is 10.1 Å². The van der Waals surface area contributed by atoms with Crippen LogP contribution in [-0.4, -0.2) is 35.3 Å². The number of carboxylic acid groups (broad SMARTS) is 1. The molecule has 0 fully saturated rings. The molecule has 1 aliphatic heterocycles. The summed E-state index contributed by atoms with van der Waals surface area (Å²) in [5.74, 6) is -0.663. The molecule has 1 aliphatic rings. The van der Waals surface area contributed by atoms with E-state index in [1.54, 1.807) is 32.2 Å². The Balaban J connectivity index is 1.51. The number of halogens is 1. The fraction of sp³-hybridized carbons (Fsp3) is 0.308. The van der Waals surface area contributed by atoms with E-state index in [2.05, 4.69) is 15.6 Å². The molecule has 2 aromatic carbocycles. The zero-order valence-corrected chi connectivity index (χ0v) is 18.7. The maximum absolute atomic E-state index is 14.7. The molecule has 0 unspecified atom stereocenters. The lowest BCUT2D eigenvalue weighted by atomic mass is 9.84. The Morgan fingerprint density at radius 3 is 2.85 bits per heavy atom. The largest absolute Gasteiger partial charge is 0.481 e. The second-order valence-corrected chi connectivity index (χ2v) is 8.73. The van der Waals surface area contributed by atoms with Gasteiger partial charge >= 0.3 is 5.97 Å². The number of anilines is 1. The van der Waals surface area contributed by atoms with Crippen molar-refractivity contribution in [2.24, 2.45) is 0 Å². The topological polar surface area (TPSA) is 83.5 Å². The fourth-order valence-corrected chi connectivity index (χ4v) is 3.98. The summed E-state index contributed by atoms with van der Waals surface area (Å²) in [6.07, 6.45) is 1.96. The second kappa shape index (κ2) is 9.58. The first-order chi connectivity index (χ1) is 15.9. The summed E-state index contributed by atoms with van der Waals surface area (Å²) in [5.41, 5.74) is 2.14. The van der Waals surface area contributed by atoms with Crippen LogP contribution in [0.25, 0.3) is 0 Å². The van der Waals surface area contributed by atoms with Crippen molar-refractivity contribution in [1.29, 1.82) is 0 Å². The molecular weight excluding hydrogens is 421 g/mol. The molecule has 7 heteroatoms. The predicted octanol–water partition coefficient (Wildman–Crippen LogP) is 4.33. The minimum atomic E-state index is -0.971. The van der Waals surface area contributed by atoms with Gasteiger partial charge in [-0.2, -0.15) is 0 Å². The molecule has 0 saturated carbocycles. The molecule has 2 atom stereocenters. The van der Waals surface area contributed by atoms with Gasteiger partial charge in [-0.1, -0.05) is 42.5 Å². The molecule has 33 heavy (non-hydrogen) atoms. The average Bonchev–Trinajstić information content (AvgIpc) is 2.82. The molecule has 0 radical (unpaired) electrons. The van der Waals surface area contributed by atoms with Crippen molar-refractivity contribution in [3.63, 3.8) is 0 Å². The lowest BCUT2D eigenvalue weighted by Gasteiger charge is -2.33. The third-order valence-electron chi connectivity index (χ3n) is 6.10. The molecule has 0 bridgehead atoms. The van der Waals surface area contributed by atoms with Gasteiger partial charge in [0.15, 0.2) is 0 Å². The summed E-state index contributed by atoms with van der Waals surface area (Å²) in [6, 6.07) is 17.6. The first kappa shape index (κ1) is 22.7. The normalized spacial score (nSPS) is 16.3. The van der Waals surface area contributed by atoms with E-state index < -0.39 is 17.4 Å². The van der Waals surface area contributed by atoms with Crippen LogP contribution in [0.1, 0.15) is 36.6 Å². The number of nitrogens with one attached hydrogen (secondary N) is 2. The van der Waals surface area contributed by atoms with Crippen LogP contribution >= 0.6 is 0 Å². The number of carbonyl (C=O) groups is 1. The van der Waals surface area contributed by atoms with Crippen molar-refractivity contribution in [2.75, 3.05) is 18.4 Å². The molecule has 0 amide bonds. The highest BCUT2D eigenvalue weighted by Gasteiger charge is 2.31. The van der Waals surface area contributed by atoms with Crippen LogP contribution in [0.5, 0.6) is 5.88 Å². The number of carboxylic acids is 1. The molecule has 0 aliphatic carbocycles. The summed E-state index contributed by atoms with van der Waals surface area (Å²) >= 11 is 0. The van der Waals surface area contributed by atoms with E-state index in [4.69, 9.17) is 4.74 Å². The highest BCUT2D eigenvalue weighted by atomic mass is 19.1. The van der Waals surface area contributed by atoms with Crippen LogP contribution in [-0.2, 0) is 16.6 Å². The summed E-state index contributed by atoms with van der Waals surface area (Å²) in [7, 11) is 0. The van der Waals surface area contributed by atoms with Crippen LogP contribution in [0.2, 0.25) is 0 Å². The van der Waals surface area contributed by atoms with Crippen LogP contribution in [0.15, 0.2) is 66.9 Å². The van der Waals surface area contributed by atoms with Crippen molar-refractivity contribution in [3.05, 3.63) is 89.4 Å². The Morgan fingerprint density at radius 2 is 2.06 bits per heavy atom. The van der Waals surface area contributed by atoms with Crippen molar-refractivity contribution in [1.82, 2.24) is 10.3 Å². The molecule has 4 rings (SSSR count). The van der Waals surface area contributed by atoms with Gasteiger partial charge in [-0.25, -0.2) is 9.37 Å². The third kappa shape index (κ3) is 4.98. The van der Waals surface area contributed by atoms with E-state index in [1.165, 1.54) is 6.07 Å². The Morgan fingerprint density at radius 1 is 1.24 bits per heavy atom. The van der Waals surface area contributed by atoms with Crippen molar-refractivity contribution < 1.29 is 19.0 Å². The smallest absolute Gasteiger partial charge is 0.313 e. The van der Waals surface area contributed by atoms with E-state index in [1.807, 2.05) is 42.5 Å². The van der Waals surface area contributed by atoms with E-state index in [9.17, 15) is 14.3 Å². The quantitative estimate of drug-likeness (QED) is 0.475. The number of ether oxygens (including phenoxy) is 1. The number of aromatic nitrogens is 1. The van der Waals surface area contributed by atoms with Gasteiger partial charge in [0.1, 0.15) is 11.9 Å². The zero-order chi connectivity index (χ0) is 23.4. The van der Waals surface area contributed by atoms with Gasteiger partial charge in [0, 0.05) is 11.8 Å². The summed E-state index contributed by atoms with van der Waals surface area (Å²) in [4.78, 5) is 15.9. The summed E-state index contributed by atoms with van der Waals surface area (Å²) < 4.78 is 20.8. The molecule has 0 spiro atoms. The number of nitrogens with zero attached hydrogens (tertiary/aromatic N) is 1. The third-order valence-corrected chi connectivity index (χ3v) is 6.10. The van der Waals surface area contributed by atoms with Crippen LogP contribution in [0.3, 0.4) is 0 Å². The highest BCUT2D eigenvalue weighted by molar-refractivity contribution is 5.80. The number of aliphatic carboxylic acids is 1. The van der Waals surface area contributed by atoms with Gasteiger partial charge in [-0.15, -0.1) is 0 Å². The second-order valence-electron chi connectivity index (χ2n) is 8.73. The molecule has 172 valence electrons. The number of benzene rings is 2. The van der Waals surface area contributed by atoms with Gasteiger partial charge in [0.2, 0.25) is 5.88 Å². The fourth-order valence-electron chi connectivity index (χ4n) is 3.98. The minimum Gasteiger partial charge on any atom is -0.481 e. The van der Waals surface area contributed by atoms with E-state index >= 15 is 0 Å². The average molecular weight is 450 g/mol. The van der Waals surface area contributed by atoms with E-state index in [0.717, 1.165) is 16.8 Å². The van der Waals surface area contributed by atoms with Gasteiger partial charge in [-0.05, 0) is 56.1 Å². The number of rotatable bonds is 8. The molecule has 0 saturated heterocycles. The van der Waals surface area contributed by atoms with Crippen LogP contribution < -0.4 is 15.4 Å². The lowest BCUT2D eigenvalue weighted by Crippen LogP contribution is -2.43. The Labute approximate surface area is 192 Å². The molecule has 1 aromatic heterocycles. The monoisotopic (exact) mass is 449 g/mol. The van der Waals surface area contributed by atoms with Crippen LogP contribution in [0, 0.1) is 5.82 Å². The molecule has 3 N–H and O–H groups in total. The molecule has 3 aromatic rings. The van der Waals surface area contributed by atoms with Gasteiger partial charge in [0.25, 0.3) is 0 Å². The lowest BCUT2D eigenvalue weighted by molar-refractivity contribution is -0.142. The number of hydrogen-bond acceptors (Lipinski definition) is 5. The molecule has 2 heterocycles. The zero-order valence-electron chi connectivity index (χ0n) is 18.7. The van der Waals surface area contributed by atoms with Crippen molar-refractivity contribution in [2.45, 2.75) is 37.8 Å². The highest BCUT2D eigenvalue weighted by Crippen LogP contribution is 2.31. The Bertz CT molecular complexity index is 1140. The van der Waals surface area contributed by atoms with Gasteiger partial charge < -0.3 is 20.5 Å². The summed E-state index contributed by atoms with van der Waals surface area (Å²) in [5, 5.41) is 16.3. The Hall–Kier alpha value is -3.45. The SMILES string of the molecule is CC(C)(C(=O)O)c1cccc(CCN[C@H](c2ccccc2F)[C@H]2CNc3cccnc3O2)c1. The standard InChI is InChI=1S/C26H28FN3O3/c1-26(2,25(31)32)18-8-5-7-17(15-18)12-14-28-23(19-9-3-4-10-20(19)27)22-16-30-21-11-6-13-29-24(21)33-22/h3-11,13,15,22-23,28,30H,12,14,16H2,1-2H3,(H,31,32)/t22-,23-/m1/s1. The number of hydrogen-bond donors (Lipinski definition) is 3. The van der Waals surface area contributed by atoms with E-state index in [0.29, 0.717) is 31.0 Å². The minimum absolute atomic E-state index is 0.296. The number of fused-ring (bicyclic) bond motifs is 1.